The van der Waals surface area contributed by atoms with Crippen molar-refractivity contribution in [1.82, 2.24) is 5.32 Å². The number of aryl methyl sites for hydroxylation is 2. The van der Waals surface area contributed by atoms with Gasteiger partial charge in [0.15, 0.2) is 0 Å². The summed E-state index contributed by atoms with van der Waals surface area (Å²) in [5.41, 5.74) is 5.13. The van der Waals surface area contributed by atoms with E-state index in [1.807, 2.05) is 19.1 Å². The topological polar surface area (TPSA) is 38.3 Å². The lowest BCUT2D eigenvalue weighted by molar-refractivity contribution is 0.0939. The molecule has 0 heterocycles. The van der Waals surface area contributed by atoms with Crippen molar-refractivity contribution in [2.24, 2.45) is 0 Å². The van der Waals surface area contributed by atoms with Crippen LogP contribution in [0.2, 0.25) is 0 Å². The van der Waals surface area contributed by atoms with Gasteiger partial charge < -0.3 is 10.1 Å². The Hall–Kier alpha value is -2.55. The average Bonchev–Trinajstić information content (AvgIpc) is 2.54. The molecule has 3 heteroatoms. The molecule has 0 radical (unpaired) electrons. The first-order valence-electron chi connectivity index (χ1n) is 8.12. The number of ether oxygens (including phenoxy) is 1. The first kappa shape index (κ1) is 17.8. The number of methoxy groups -OCH3 is 1. The van der Waals surface area contributed by atoms with Crippen molar-refractivity contribution in [2.75, 3.05) is 7.11 Å². The highest BCUT2D eigenvalue weighted by molar-refractivity contribution is 5.94. The molecule has 0 saturated heterocycles. The fourth-order valence-corrected chi connectivity index (χ4v) is 2.90. The van der Waals surface area contributed by atoms with Gasteiger partial charge in [-0.05, 0) is 62.1 Å². The van der Waals surface area contributed by atoms with Crippen LogP contribution in [0.15, 0.2) is 49.1 Å². The maximum Gasteiger partial charge on any atom is 0.251 e. The summed E-state index contributed by atoms with van der Waals surface area (Å²) in [6.45, 7) is 9.90. The molecule has 0 aromatic heterocycles. The lowest BCUT2D eigenvalue weighted by atomic mass is 9.99. The number of amides is 1. The van der Waals surface area contributed by atoms with Crippen LogP contribution in [-0.2, 0) is 6.42 Å². The van der Waals surface area contributed by atoms with Crippen LogP contribution in [0.5, 0.6) is 5.75 Å². The summed E-state index contributed by atoms with van der Waals surface area (Å²) in [5.74, 6) is 0.685. The van der Waals surface area contributed by atoms with Gasteiger partial charge in [-0.25, -0.2) is 0 Å². The maximum atomic E-state index is 12.6. The average molecular weight is 323 g/mol. The van der Waals surface area contributed by atoms with Crippen LogP contribution in [0, 0.1) is 13.8 Å². The van der Waals surface area contributed by atoms with Crippen molar-refractivity contribution in [3.63, 3.8) is 0 Å². The van der Waals surface area contributed by atoms with Crippen molar-refractivity contribution >= 4 is 5.91 Å². The highest BCUT2D eigenvalue weighted by Crippen LogP contribution is 2.22. The van der Waals surface area contributed by atoms with Crippen LogP contribution in [0.4, 0.5) is 0 Å². The monoisotopic (exact) mass is 323 g/mol. The number of rotatable bonds is 6. The van der Waals surface area contributed by atoms with Crippen molar-refractivity contribution in [3.8, 4) is 5.75 Å². The molecule has 0 aliphatic rings. The minimum atomic E-state index is -0.0876. The summed E-state index contributed by atoms with van der Waals surface area (Å²) in [7, 11) is 1.63. The fourth-order valence-electron chi connectivity index (χ4n) is 2.90. The van der Waals surface area contributed by atoms with Gasteiger partial charge in [-0.1, -0.05) is 29.8 Å². The maximum absolute atomic E-state index is 12.6. The summed E-state index contributed by atoms with van der Waals surface area (Å²) in [6.07, 6.45) is 2.47. The predicted octanol–water partition coefficient (Wildman–Crippen LogP) is 4.53. The number of benzene rings is 2. The normalized spacial score (nSPS) is 11.7. The van der Waals surface area contributed by atoms with Gasteiger partial charge in [0.25, 0.3) is 5.91 Å². The van der Waals surface area contributed by atoms with E-state index in [0.717, 1.165) is 16.9 Å². The van der Waals surface area contributed by atoms with E-state index in [1.54, 1.807) is 19.3 Å². The number of carbonyl (C=O) groups is 1. The Balaban J connectivity index is 2.19. The quantitative estimate of drug-likeness (QED) is 0.793. The minimum Gasteiger partial charge on any atom is -0.496 e. The van der Waals surface area contributed by atoms with Gasteiger partial charge in [-0.3, -0.25) is 4.79 Å². The largest absolute Gasteiger partial charge is 0.496 e. The molecular weight excluding hydrogens is 298 g/mol. The van der Waals surface area contributed by atoms with Crippen LogP contribution in [0.1, 0.15) is 45.6 Å². The molecule has 0 unspecified atom stereocenters. The number of nitrogens with one attached hydrogen (secondary N) is 1. The Morgan fingerprint density at radius 1 is 1.25 bits per heavy atom. The van der Waals surface area contributed by atoms with Gasteiger partial charge in [-0.2, -0.15) is 0 Å². The molecule has 0 aliphatic heterocycles. The van der Waals surface area contributed by atoms with Gasteiger partial charge >= 0.3 is 0 Å². The van der Waals surface area contributed by atoms with E-state index >= 15 is 0 Å². The standard InChI is InChI=1S/C21H25NO2/c1-6-7-17-13-18(9-11-20(17)24-5)21(23)22-16(4)19-10-8-14(2)12-15(19)3/h6,8-13,16H,1,7H2,2-5H3,(H,22,23)/t16-/m1/s1. The summed E-state index contributed by atoms with van der Waals surface area (Å²) < 4.78 is 5.33. The lowest BCUT2D eigenvalue weighted by Crippen LogP contribution is -2.27. The smallest absolute Gasteiger partial charge is 0.251 e. The van der Waals surface area contributed by atoms with E-state index in [2.05, 4.69) is 43.9 Å². The van der Waals surface area contributed by atoms with E-state index in [1.165, 1.54) is 11.1 Å². The number of hydrogen-bond acceptors (Lipinski definition) is 2. The highest BCUT2D eigenvalue weighted by Gasteiger charge is 2.14. The number of allylic oxidation sites excluding steroid dienone is 1. The van der Waals surface area contributed by atoms with Gasteiger partial charge in [0, 0.05) is 5.56 Å². The second kappa shape index (κ2) is 7.82. The summed E-state index contributed by atoms with van der Waals surface area (Å²) in [6, 6.07) is 11.7. The Labute approximate surface area is 144 Å². The van der Waals surface area contributed by atoms with Crippen LogP contribution in [0.3, 0.4) is 0 Å². The molecule has 0 bridgehead atoms. The van der Waals surface area contributed by atoms with Crippen molar-refractivity contribution in [2.45, 2.75) is 33.2 Å². The molecular formula is C21H25NO2. The van der Waals surface area contributed by atoms with E-state index in [0.29, 0.717) is 12.0 Å². The first-order chi connectivity index (χ1) is 11.5. The summed E-state index contributed by atoms with van der Waals surface area (Å²) in [5, 5.41) is 3.07. The molecule has 2 aromatic carbocycles. The molecule has 3 nitrogen and oxygen atoms in total. The molecule has 2 aromatic rings. The van der Waals surface area contributed by atoms with Gasteiger partial charge in [0.2, 0.25) is 0 Å². The zero-order valence-corrected chi connectivity index (χ0v) is 14.8. The molecule has 2 rings (SSSR count). The summed E-state index contributed by atoms with van der Waals surface area (Å²) >= 11 is 0. The zero-order chi connectivity index (χ0) is 17.7. The van der Waals surface area contributed by atoms with Gasteiger partial charge in [0.1, 0.15) is 5.75 Å². The van der Waals surface area contributed by atoms with Crippen molar-refractivity contribution in [1.29, 1.82) is 0 Å². The van der Waals surface area contributed by atoms with Gasteiger partial charge in [0.05, 0.1) is 13.2 Å². The van der Waals surface area contributed by atoms with Crippen LogP contribution in [0.25, 0.3) is 0 Å². The van der Waals surface area contributed by atoms with Gasteiger partial charge in [-0.15, -0.1) is 6.58 Å². The molecule has 0 spiro atoms. The molecule has 24 heavy (non-hydrogen) atoms. The molecule has 0 fully saturated rings. The third kappa shape index (κ3) is 4.05. The molecule has 1 atom stereocenters. The Morgan fingerprint density at radius 2 is 2.00 bits per heavy atom. The minimum absolute atomic E-state index is 0.0527. The van der Waals surface area contributed by atoms with Crippen molar-refractivity contribution in [3.05, 3.63) is 76.9 Å². The predicted molar refractivity (Wildman–Crippen MR) is 98.7 cm³/mol. The second-order valence-corrected chi connectivity index (χ2v) is 6.07. The zero-order valence-electron chi connectivity index (χ0n) is 14.8. The SMILES string of the molecule is C=CCc1cc(C(=O)N[C@H](C)c2ccc(C)cc2C)ccc1OC. The Morgan fingerprint density at radius 3 is 2.62 bits per heavy atom. The lowest BCUT2D eigenvalue weighted by Gasteiger charge is -2.18. The first-order valence-corrected chi connectivity index (χ1v) is 8.12. The number of carbonyl (C=O) groups excluding carboxylic acids is 1. The van der Waals surface area contributed by atoms with E-state index in [-0.39, 0.29) is 11.9 Å². The number of hydrogen-bond donors (Lipinski definition) is 1. The molecule has 1 N–H and O–H groups in total. The summed E-state index contributed by atoms with van der Waals surface area (Å²) in [4.78, 5) is 12.6. The van der Waals surface area contributed by atoms with Crippen LogP contribution >= 0.6 is 0 Å². The van der Waals surface area contributed by atoms with Crippen LogP contribution < -0.4 is 10.1 Å². The molecule has 1 amide bonds. The highest BCUT2D eigenvalue weighted by atomic mass is 16.5. The van der Waals surface area contributed by atoms with E-state index in [9.17, 15) is 4.79 Å². The molecule has 0 saturated carbocycles. The van der Waals surface area contributed by atoms with Crippen molar-refractivity contribution < 1.29 is 9.53 Å². The third-order valence-corrected chi connectivity index (χ3v) is 4.15. The Kier molecular flexibility index (Phi) is 5.80. The fraction of sp³-hybridized carbons (Fsp3) is 0.286. The second-order valence-electron chi connectivity index (χ2n) is 6.07. The van der Waals surface area contributed by atoms with E-state index in [4.69, 9.17) is 4.74 Å². The molecule has 126 valence electrons. The Bertz CT molecular complexity index is 749. The molecule has 0 aliphatic carbocycles. The van der Waals surface area contributed by atoms with Crippen LogP contribution in [-0.4, -0.2) is 13.0 Å². The third-order valence-electron chi connectivity index (χ3n) is 4.15. The van der Waals surface area contributed by atoms with E-state index < -0.39 is 0 Å².